The second kappa shape index (κ2) is 9.64. The Labute approximate surface area is 185 Å². The molecule has 0 atom stereocenters. The molecule has 8 heteroatoms. The van der Waals surface area contributed by atoms with E-state index in [2.05, 4.69) is 10.5 Å². The molecule has 8 nitrogen and oxygen atoms in total. The normalized spacial score (nSPS) is 13.0. The molecule has 166 valence electrons. The van der Waals surface area contributed by atoms with E-state index in [-0.39, 0.29) is 22.9 Å². The van der Waals surface area contributed by atoms with Crippen LogP contribution in [0, 0.1) is 0 Å². The van der Waals surface area contributed by atoms with Crippen LogP contribution in [0.3, 0.4) is 0 Å². The summed E-state index contributed by atoms with van der Waals surface area (Å²) >= 11 is 0. The van der Waals surface area contributed by atoms with Gasteiger partial charge in [0.2, 0.25) is 5.91 Å². The van der Waals surface area contributed by atoms with Gasteiger partial charge in [0.25, 0.3) is 11.5 Å². The Bertz CT molecular complexity index is 1150. The number of nitrogens with one attached hydrogen (secondary N) is 1. The van der Waals surface area contributed by atoms with Crippen LogP contribution in [0.5, 0.6) is 0 Å². The van der Waals surface area contributed by atoms with E-state index in [1.807, 2.05) is 37.3 Å². The number of carbonyl (C=O) groups is 2. The highest BCUT2D eigenvalue weighted by molar-refractivity contribution is 5.95. The lowest BCUT2D eigenvalue weighted by atomic mass is 9.95. The largest absolute Gasteiger partial charge is 0.361 e. The van der Waals surface area contributed by atoms with Crippen molar-refractivity contribution < 1.29 is 14.1 Å². The summed E-state index contributed by atoms with van der Waals surface area (Å²) in [6.45, 7) is 3.46. The van der Waals surface area contributed by atoms with Crippen molar-refractivity contribution in [2.45, 2.75) is 39.3 Å². The van der Waals surface area contributed by atoms with E-state index in [0.29, 0.717) is 51.2 Å². The first-order valence-corrected chi connectivity index (χ1v) is 10.8. The van der Waals surface area contributed by atoms with Gasteiger partial charge in [-0.15, -0.1) is 0 Å². The second-order valence-corrected chi connectivity index (χ2v) is 7.83. The number of aromatic nitrogens is 2. The third-order valence-corrected chi connectivity index (χ3v) is 5.66. The van der Waals surface area contributed by atoms with Crippen LogP contribution in [0.4, 0.5) is 0 Å². The molecular formula is C24H26N4O4. The average Bonchev–Trinajstić information content (AvgIpc) is 3.32. The van der Waals surface area contributed by atoms with Gasteiger partial charge in [0.1, 0.15) is 11.3 Å². The quantitative estimate of drug-likeness (QED) is 0.615. The van der Waals surface area contributed by atoms with E-state index in [9.17, 15) is 14.4 Å². The second-order valence-electron chi connectivity index (χ2n) is 7.83. The van der Waals surface area contributed by atoms with Crippen molar-refractivity contribution in [1.29, 1.82) is 0 Å². The van der Waals surface area contributed by atoms with Crippen molar-refractivity contribution in [1.82, 2.24) is 19.9 Å². The van der Waals surface area contributed by atoms with Crippen molar-refractivity contribution in [2.75, 3.05) is 13.1 Å². The van der Waals surface area contributed by atoms with E-state index < -0.39 is 0 Å². The van der Waals surface area contributed by atoms with E-state index in [1.54, 1.807) is 27.9 Å². The minimum atomic E-state index is -0.360. The van der Waals surface area contributed by atoms with E-state index in [1.165, 1.54) is 0 Å². The van der Waals surface area contributed by atoms with Crippen molar-refractivity contribution in [2.24, 2.45) is 0 Å². The molecule has 0 radical (unpaired) electrons. The summed E-state index contributed by atoms with van der Waals surface area (Å²) < 4.78 is 6.65. The number of fused-ring (bicyclic) bond motifs is 1. The van der Waals surface area contributed by atoms with Crippen molar-refractivity contribution in [3.05, 3.63) is 87.2 Å². The van der Waals surface area contributed by atoms with Gasteiger partial charge in [-0.05, 0) is 30.0 Å². The smallest absolute Gasteiger partial charge is 0.264 e. The van der Waals surface area contributed by atoms with Gasteiger partial charge in [-0.1, -0.05) is 35.5 Å². The lowest BCUT2D eigenvalue weighted by Crippen LogP contribution is -2.41. The van der Waals surface area contributed by atoms with Crippen LogP contribution < -0.4 is 10.9 Å². The molecule has 3 heterocycles. The topological polar surface area (TPSA) is 97.4 Å². The molecule has 0 bridgehead atoms. The Hall–Kier alpha value is -3.68. The molecule has 0 fully saturated rings. The maximum Gasteiger partial charge on any atom is 0.264 e. The molecule has 1 aliphatic heterocycles. The minimum absolute atomic E-state index is 0.00687. The summed E-state index contributed by atoms with van der Waals surface area (Å²) in [6, 6.07) is 11.4. The zero-order chi connectivity index (χ0) is 22.5. The zero-order valence-electron chi connectivity index (χ0n) is 18.0. The summed E-state index contributed by atoms with van der Waals surface area (Å²) in [5, 5.41) is 6.43. The maximum atomic E-state index is 13.2. The van der Waals surface area contributed by atoms with Crippen LogP contribution in [0.2, 0.25) is 0 Å². The molecular weight excluding hydrogens is 408 g/mol. The van der Waals surface area contributed by atoms with E-state index >= 15 is 0 Å². The molecule has 1 aliphatic rings. The molecule has 4 rings (SSSR count). The number of hydrogen-bond acceptors (Lipinski definition) is 5. The van der Waals surface area contributed by atoms with Crippen molar-refractivity contribution in [3.63, 3.8) is 0 Å². The van der Waals surface area contributed by atoms with Crippen LogP contribution in [0.1, 0.15) is 46.2 Å². The standard InChI is InChI=1S/C24H26N4O4/c1-2-25-23(30)22-20-11-13-27(21(29)9-8-19-10-12-26-32-19)15-18(20)16-28(24(22)31)14-17-6-4-3-5-7-17/h3-7,10,12,16H,2,8-9,11,13-15H2,1H3,(H,25,30). The fourth-order valence-electron chi connectivity index (χ4n) is 4.06. The number of rotatable bonds is 7. The number of carbonyl (C=O) groups excluding carboxylic acids is 2. The zero-order valence-corrected chi connectivity index (χ0v) is 18.0. The van der Waals surface area contributed by atoms with Gasteiger partial charge in [0, 0.05) is 44.7 Å². The molecule has 2 amide bonds. The SMILES string of the molecule is CCNC(=O)c1c2c(cn(Cc3ccccc3)c1=O)CN(C(=O)CCc1ccno1)CC2. The first-order valence-electron chi connectivity index (χ1n) is 10.8. The van der Waals surface area contributed by atoms with E-state index in [0.717, 1.165) is 16.7 Å². The van der Waals surface area contributed by atoms with Crippen LogP contribution in [0.25, 0.3) is 0 Å². The highest BCUT2D eigenvalue weighted by Gasteiger charge is 2.28. The number of nitrogens with zero attached hydrogens (tertiary/aromatic N) is 3. The fraction of sp³-hybridized carbons (Fsp3) is 0.333. The number of amides is 2. The van der Waals surface area contributed by atoms with Crippen molar-refractivity contribution >= 4 is 11.8 Å². The predicted molar refractivity (Wildman–Crippen MR) is 118 cm³/mol. The van der Waals surface area contributed by atoms with E-state index in [4.69, 9.17) is 4.52 Å². The fourth-order valence-corrected chi connectivity index (χ4v) is 4.06. The minimum Gasteiger partial charge on any atom is -0.361 e. The molecule has 0 saturated heterocycles. The highest BCUT2D eigenvalue weighted by Crippen LogP contribution is 2.22. The van der Waals surface area contributed by atoms with Gasteiger partial charge in [-0.3, -0.25) is 14.4 Å². The van der Waals surface area contributed by atoms with Gasteiger partial charge in [-0.25, -0.2) is 0 Å². The van der Waals surface area contributed by atoms with Gasteiger partial charge >= 0.3 is 0 Å². The Kier molecular flexibility index (Phi) is 6.49. The Morgan fingerprint density at radius 1 is 1.19 bits per heavy atom. The molecule has 0 saturated carbocycles. The van der Waals surface area contributed by atoms with Crippen LogP contribution in [0.15, 0.2) is 58.1 Å². The third kappa shape index (κ3) is 4.64. The molecule has 0 aliphatic carbocycles. The first kappa shape index (κ1) is 21.5. The molecule has 0 spiro atoms. The lowest BCUT2D eigenvalue weighted by molar-refractivity contribution is -0.132. The molecule has 0 unspecified atom stereocenters. The Balaban J connectivity index is 1.62. The monoisotopic (exact) mass is 434 g/mol. The molecule has 1 aromatic carbocycles. The summed E-state index contributed by atoms with van der Waals surface area (Å²) in [5.74, 6) is 0.319. The van der Waals surface area contributed by atoms with Gasteiger partial charge in [0.15, 0.2) is 0 Å². The molecule has 3 aromatic rings. The summed E-state index contributed by atoms with van der Waals surface area (Å²) in [7, 11) is 0. The molecule has 1 N–H and O–H groups in total. The molecule has 32 heavy (non-hydrogen) atoms. The predicted octanol–water partition coefficient (Wildman–Crippen LogP) is 2.15. The molecule has 2 aromatic heterocycles. The number of pyridine rings is 1. The lowest BCUT2D eigenvalue weighted by Gasteiger charge is -2.30. The van der Waals surface area contributed by atoms with Crippen LogP contribution in [-0.2, 0) is 30.7 Å². The summed E-state index contributed by atoms with van der Waals surface area (Å²) in [6.07, 6.45) is 4.63. The van der Waals surface area contributed by atoms with Gasteiger partial charge in [-0.2, -0.15) is 0 Å². The maximum absolute atomic E-state index is 13.2. The number of hydrogen-bond donors (Lipinski definition) is 1. The van der Waals surface area contributed by atoms with Gasteiger partial charge < -0.3 is 19.3 Å². The van der Waals surface area contributed by atoms with Crippen molar-refractivity contribution in [3.8, 4) is 0 Å². The number of aryl methyl sites for hydroxylation is 1. The number of benzene rings is 1. The summed E-state index contributed by atoms with van der Waals surface area (Å²) in [5.41, 5.74) is 2.43. The highest BCUT2D eigenvalue weighted by atomic mass is 16.5. The van der Waals surface area contributed by atoms with Crippen LogP contribution >= 0.6 is 0 Å². The average molecular weight is 434 g/mol. The summed E-state index contributed by atoms with van der Waals surface area (Å²) in [4.78, 5) is 40.5. The Morgan fingerprint density at radius 2 is 2.00 bits per heavy atom. The first-order chi connectivity index (χ1) is 15.6. The third-order valence-electron chi connectivity index (χ3n) is 5.66. The Morgan fingerprint density at radius 3 is 2.72 bits per heavy atom. The van der Waals surface area contributed by atoms with Crippen LogP contribution in [-0.4, -0.2) is 39.5 Å². The van der Waals surface area contributed by atoms with Gasteiger partial charge in [0.05, 0.1) is 12.7 Å².